The molecule has 4 fully saturated rings. The Morgan fingerprint density at radius 3 is 1.38 bits per heavy atom. The van der Waals surface area contributed by atoms with Crippen molar-refractivity contribution < 1.29 is 47.7 Å². The van der Waals surface area contributed by atoms with Crippen molar-refractivity contribution >= 4 is 57.4 Å². The number of hydrogen-bond acceptors (Lipinski definition) is 12. The lowest BCUT2D eigenvalue weighted by molar-refractivity contribution is -0.147. The van der Waals surface area contributed by atoms with Crippen LogP contribution in [0.1, 0.15) is 59.2 Å². The van der Waals surface area contributed by atoms with Gasteiger partial charge in [-0.05, 0) is 116 Å². The Morgan fingerprint density at radius 1 is 0.585 bits per heavy atom. The third kappa shape index (κ3) is 9.04. The molecule has 2 aromatic heterocycles. The zero-order chi connectivity index (χ0) is 46.1. The lowest BCUT2D eigenvalue weighted by Gasteiger charge is -2.36. The number of amides is 4. The topological polar surface area (TPSA) is 213 Å². The molecule has 4 amide bonds. The van der Waals surface area contributed by atoms with Crippen molar-refractivity contribution in [1.29, 1.82) is 0 Å². The average Bonchev–Trinajstić information content (AvgIpc) is 4.15. The molecule has 0 radical (unpaired) electrons. The van der Waals surface area contributed by atoms with Gasteiger partial charge < -0.3 is 49.3 Å². The predicted octanol–water partition coefficient (Wildman–Crippen LogP) is 3.74. The number of nitrogens with zero attached hydrogens (tertiary/aromatic N) is 2. The van der Waals surface area contributed by atoms with Crippen LogP contribution >= 0.6 is 0 Å². The number of imide groups is 1. The van der Waals surface area contributed by atoms with Crippen LogP contribution in [-0.2, 0) is 28.7 Å². The number of fused-ring (bicyclic) bond motifs is 6. The monoisotopic (exact) mass is 895 g/mol. The number of benzene rings is 2. The van der Waals surface area contributed by atoms with Gasteiger partial charge in [-0.2, -0.15) is 0 Å². The number of nitrogens with one attached hydrogen (secondary N) is 5. The molecule has 17 heteroatoms. The molecule has 17 nitrogen and oxygen atoms in total. The summed E-state index contributed by atoms with van der Waals surface area (Å²) in [5.41, 5.74) is 1.96. The third-order valence-electron chi connectivity index (χ3n) is 14.2. The van der Waals surface area contributed by atoms with Crippen LogP contribution in [0.25, 0.3) is 21.8 Å². The van der Waals surface area contributed by atoms with Crippen molar-refractivity contribution in [1.82, 2.24) is 35.7 Å². The van der Waals surface area contributed by atoms with Gasteiger partial charge in [0.15, 0.2) is 0 Å². The maximum absolute atomic E-state index is 14.7. The number of methoxy groups -OCH3 is 2. The molecule has 0 aliphatic heterocycles. The highest BCUT2D eigenvalue weighted by Crippen LogP contribution is 2.56. The van der Waals surface area contributed by atoms with Gasteiger partial charge in [-0.3, -0.25) is 24.5 Å². The first-order valence-corrected chi connectivity index (χ1v) is 22.7. The Kier molecular flexibility index (Phi) is 13.5. The SMILES string of the molecule is COc1cccc2[nH]cc(C(=O)OC3CC4CC3C(C(=O)NC(=O)C3C5CC(CC5OC(=O)c5c[nH]c6cccc(OC)c56)C3C(=O)NCCCN(C)C)C4C(=O)NCCCN(C)C)c12. The number of ether oxygens (including phenoxy) is 4. The van der Waals surface area contributed by atoms with Gasteiger partial charge in [0.05, 0.1) is 70.8 Å². The van der Waals surface area contributed by atoms with E-state index in [0.29, 0.717) is 84.9 Å². The molecule has 348 valence electrons. The first-order chi connectivity index (χ1) is 31.3. The largest absolute Gasteiger partial charge is 0.496 e. The van der Waals surface area contributed by atoms with Crippen LogP contribution in [0.3, 0.4) is 0 Å². The molecule has 4 aliphatic carbocycles. The number of rotatable bonds is 18. The number of carbonyl (C=O) groups excluding carboxylic acids is 6. The summed E-state index contributed by atoms with van der Waals surface area (Å²) in [5.74, 6) is -7.28. The second kappa shape index (κ2) is 19.3. The Bertz CT molecular complexity index is 2280. The molecule has 4 aliphatic rings. The van der Waals surface area contributed by atoms with Gasteiger partial charge in [0, 0.05) is 37.3 Å². The van der Waals surface area contributed by atoms with Gasteiger partial charge in [-0.15, -0.1) is 0 Å². The van der Waals surface area contributed by atoms with Crippen LogP contribution in [-0.4, -0.2) is 136 Å². The van der Waals surface area contributed by atoms with E-state index in [-0.39, 0.29) is 34.8 Å². The smallest absolute Gasteiger partial charge is 0.340 e. The molecule has 8 rings (SSSR count). The van der Waals surface area contributed by atoms with E-state index in [1.165, 1.54) is 14.2 Å². The van der Waals surface area contributed by atoms with Crippen LogP contribution in [0.4, 0.5) is 0 Å². The Hall–Kier alpha value is -5.94. The van der Waals surface area contributed by atoms with Gasteiger partial charge in [0.25, 0.3) is 0 Å². The summed E-state index contributed by atoms with van der Waals surface area (Å²) in [7, 11) is 10.8. The van der Waals surface area contributed by atoms with E-state index in [2.05, 4.69) is 25.9 Å². The van der Waals surface area contributed by atoms with Crippen molar-refractivity contribution in [2.75, 3.05) is 68.6 Å². The van der Waals surface area contributed by atoms with E-state index in [9.17, 15) is 28.8 Å². The zero-order valence-corrected chi connectivity index (χ0v) is 37.9. The van der Waals surface area contributed by atoms with Crippen LogP contribution in [0, 0.1) is 47.3 Å². The first-order valence-electron chi connectivity index (χ1n) is 22.7. The Labute approximate surface area is 378 Å². The van der Waals surface area contributed by atoms with Crippen LogP contribution in [0.15, 0.2) is 48.8 Å². The Balaban J connectivity index is 1.03. The molecular weight excluding hydrogens is 835 g/mol. The summed E-state index contributed by atoms with van der Waals surface area (Å²) in [5, 5.41) is 9.88. The minimum Gasteiger partial charge on any atom is -0.496 e. The lowest BCUT2D eigenvalue weighted by Crippen LogP contribution is -2.53. The minimum absolute atomic E-state index is 0.285. The molecule has 4 aromatic rings. The van der Waals surface area contributed by atoms with Crippen LogP contribution in [0.5, 0.6) is 11.5 Å². The summed E-state index contributed by atoms with van der Waals surface area (Å²) < 4.78 is 23.4. The van der Waals surface area contributed by atoms with Gasteiger partial charge in [0.2, 0.25) is 23.6 Å². The van der Waals surface area contributed by atoms with E-state index in [1.807, 2.05) is 62.3 Å². The number of aromatic amines is 2. The fraction of sp³-hybridized carbons (Fsp3) is 0.542. The highest BCUT2D eigenvalue weighted by Gasteiger charge is 2.62. The summed E-state index contributed by atoms with van der Waals surface area (Å²) in [6, 6.07) is 10.8. The first kappa shape index (κ1) is 45.6. The van der Waals surface area contributed by atoms with Gasteiger partial charge in [-0.25, -0.2) is 9.59 Å². The van der Waals surface area contributed by atoms with E-state index in [0.717, 1.165) is 13.1 Å². The molecular formula is C48H61N7O10. The quantitative estimate of drug-likeness (QED) is 0.0549. The molecule has 2 heterocycles. The molecule has 0 saturated heterocycles. The molecule has 5 N–H and O–H groups in total. The third-order valence-corrected chi connectivity index (χ3v) is 14.2. The number of carbonyl (C=O) groups is 6. The zero-order valence-electron chi connectivity index (χ0n) is 37.9. The molecule has 65 heavy (non-hydrogen) atoms. The Morgan fingerprint density at radius 2 is 1.00 bits per heavy atom. The maximum atomic E-state index is 14.7. The summed E-state index contributed by atoms with van der Waals surface area (Å²) in [4.78, 5) is 95.4. The number of aromatic nitrogens is 2. The summed E-state index contributed by atoms with van der Waals surface area (Å²) >= 11 is 0. The van der Waals surface area contributed by atoms with E-state index >= 15 is 0 Å². The van der Waals surface area contributed by atoms with E-state index in [4.69, 9.17) is 18.9 Å². The van der Waals surface area contributed by atoms with E-state index < -0.39 is 71.5 Å². The number of esters is 2. The van der Waals surface area contributed by atoms with Gasteiger partial charge in [0.1, 0.15) is 23.7 Å². The molecule has 10 atom stereocenters. The van der Waals surface area contributed by atoms with Crippen molar-refractivity contribution in [3.63, 3.8) is 0 Å². The van der Waals surface area contributed by atoms with Gasteiger partial charge >= 0.3 is 11.9 Å². The van der Waals surface area contributed by atoms with E-state index in [1.54, 1.807) is 24.5 Å². The highest BCUT2D eigenvalue weighted by molar-refractivity contribution is 6.08. The minimum atomic E-state index is -0.996. The molecule has 4 bridgehead atoms. The van der Waals surface area contributed by atoms with Crippen molar-refractivity contribution in [3.8, 4) is 11.5 Å². The number of H-pyrrole nitrogens is 2. The standard InChI is InChI=1S/C48H61N7O10/c1-54(2)17-9-15-49-43(56)37-25-19-27(35(21-25)64-47(60)29-23-51-31-11-7-13-33(62-5)39(29)31)41(37)45(58)53-46(59)42-28-20-26(38(42)44(57)50-16-10-18-55(3)4)22-36(28)65-48(61)30-24-52-32-12-8-14-34(63-6)40(30)32/h7-8,11-14,23-28,35-38,41-42,51-52H,9-10,15-22H2,1-6H3,(H,49,56)(H,50,57)(H,53,58,59). The van der Waals surface area contributed by atoms with Crippen LogP contribution < -0.4 is 25.4 Å². The normalized spacial score (nSPS) is 26.5. The lowest BCUT2D eigenvalue weighted by atomic mass is 9.75. The van der Waals surface area contributed by atoms with Crippen molar-refractivity contribution in [2.45, 2.75) is 50.7 Å². The molecule has 0 spiro atoms. The second-order valence-corrected chi connectivity index (χ2v) is 18.7. The summed E-state index contributed by atoms with van der Waals surface area (Å²) in [6.07, 6.45) is 4.78. The predicted molar refractivity (Wildman–Crippen MR) is 240 cm³/mol. The van der Waals surface area contributed by atoms with Crippen molar-refractivity contribution in [3.05, 3.63) is 59.9 Å². The van der Waals surface area contributed by atoms with Crippen molar-refractivity contribution in [2.24, 2.45) is 47.3 Å². The fourth-order valence-corrected chi connectivity index (χ4v) is 11.4. The number of hydrogen-bond donors (Lipinski definition) is 5. The molecule has 4 saturated carbocycles. The van der Waals surface area contributed by atoms with Crippen LogP contribution in [0.2, 0.25) is 0 Å². The molecule has 2 aromatic carbocycles. The highest BCUT2D eigenvalue weighted by atomic mass is 16.5. The average molecular weight is 896 g/mol. The fourth-order valence-electron chi connectivity index (χ4n) is 11.4. The maximum Gasteiger partial charge on any atom is 0.340 e. The molecule has 10 unspecified atom stereocenters. The van der Waals surface area contributed by atoms with Gasteiger partial charge in [-0.1, -0.05) is 12.1 Å². The second-order valence-electron chi connectivity index (χ2n) is 18.7. The summed E-state index contributed by atoms with van der Waals surface area (Å²) in [6.45, 7) is 2.32.